The summed E-state index contributed by atoms with van der Waals surface area (Å²) in [7, 11) is 8.67. The van der Waals surface area contributed by atoms with Crippen LogP contribution in [-0.4, -0.2) is 112 Å². The number of nitrogens with two attached hydrogens (primary N) is 1. The fraction of sp³-hybridized carbons (Fsp3) is 0.358. The molecule has 0 bridgehead atoms. The maximum atomic E-state index is 7.57. The minimum atomic E-state index is 0.400. The largest absolute Gasteiger partial charge is 0.497 e. The Labute approximate surface area is 405 Å². The van der Waals surface area contributed by atoms with E-state index in [1.807, 2.05) is 63.6 Å². The zero-order chi connectivity index (χ0) is 49.4. The number of methoxy groups -OCH3 is 4. The highest BCUT2D eigenvalue weighted by Crippen LogP contribution is 2.43. The molecule has 3 aromatic heterocycles. The number of anilines is 4. The van der Waals surface area contributed by atoms with E-state index >= 15 is 0 Å². The lowest BCUT2D eigenvalue weighted by Crippen LogP contribution is -2.34. The Balaban J connectivity index is 0.000000197. The fourth-order valence-electron chi connectivity index (χ4n) is 8.67. The quantitative estimate of drug-likeness (QED) is 0.118. The smallest absolute Gasteiger partial charge is 0.129 e. The highest BCUT2D eigenvalue weighted by molar-refractivity contribution is 6.07. The second kappa shape index (κ2) is 22.2. The Bertz CT molecular complexity index is 2930. The van der Waals surface area contributed by atoms with Gasteiger partial charge in [0.1, 0.15) is 23.0 Å². The van der Waals surface area contributed by atoms with Crippen LogP contribution < -0.4 is 34.5 Å². The molecule has 362 valence electrons. The molecule has 0 radical (unpaired) electrons. The molecular formula is C53H66N12O4. The van der Waals surface area contributed by atoms with Crippen molar-refractivity contribution in [3.8, 4) is 34.3 Å². The van der Waals surface area contributed by atoms with Crippen LogP contribution in [-0.2, 0) is 20.1 Å². The van der Waals surface area contributed by atoms with E-state index in [1.165, 1.54) is 12.4 Å². The molecule has 2 aliphatic heterocycles. The number of rotatable bonds is 11. The third-order valence-electron chi connectivity index (χ3n) is 12.5. The lowest BCUT2D eigenvalue weighted by Gasteiger charge is -2.26. The number of nitrogens with one attached hydrogen (secondary N) is 1. The standard InChI is InChI=1S/C26H30N6O2.C25H30N6O2.C2H6/c1-17(2)31-8-9-32(25-11-20(33-4)12-26(34-5)21(25)16-31)19-6-7-22-23(10-19)29-24(14-27-22)18-13-28-30(3)15-18;1-16(2)30-7-8-31(24-10-19(32-3)11-25(33-4)20(24)15-30)18-5-6-21-22(9-18)29-23(14-28-21)17(12-26)13-27;1-2/h6-7,10-15,17H,8-9,16H2,1-5H3;5-6,9-14,16,26H,7-8,15,27H2,1-4H3;1-2H3/b;17-13+,26-12?;. The van der Waals surface area contributed by atoms with Gasteiger partial charge >= 0.3 is 0 Å². The van der Waals surface area contributed by atoms with Gasteiger partial charge in [-0.2, -0.15) is 5.10 Å². The lowest BCUT2D eigenvalue weighted by molar-refractivity contribution is 0.221. The average Bonchev–Trinajstić information content (AvgIpc) is 3.59. The van der Waals surface area contributed by atoms with Gasteiger partial charge in [-0.25, -0.2) is 9.97 Å². The van der Waals surface area contributed by atoms with Crippen LogP contribution >= 0.6 is 0 Å². The molecule has 69 heavy (non-hydrogen) atoms. The number of benzene rings is 4. The minimum absolute atomic E-state index is 0.400. The van der Waals surface area contributed by atoms with Gasteiger partial charge in [0.25, 0.3) is 0 Å². The average molecular weight is 935 g/mol. The number of nitrogens with zero attached hydrogens (tertiary/aromatic N) is 10. The predicted molar refractivity (Wildman–Crippen MR) is 278 cm³/mol. The molecule has 3 N–H and O–H groups in total. The number of aromatic nitrogens is 6. The molecule has 0 spiro atoms. The van der Waals surface area contributed by atoms with Crippen molar-refractivity contribution in [3.63, 3.8) is 0 Å². The first-order valence-corrected chi connectivity index (χ1v) is 23.4. The monoisotopic (exact) mass is 935 g/mol. The number of ether oxygens (including phenoxy) is 4. The van der Waals surface area contributed by atoms with Gasteiger partial charge in [0.05, 0.1) is 91.9 Å². The van der Waals surface area contributed by atoms with Gasteiger partial charge in [-0.3, -0.25) is 24.4 Å². The zero-order valence-electron chi connectivity index (χ0n) is 41.8. The van der Waals surface area contributed by atoms with Gasteiger partial charge in [-0.15, -0.1) is 0 Å². The highest BCUT2D eigenvalue weighted by atomic mass is 16.5. The van der Waals surface area contributed by atoms with Crippen LogP contribution in [0.3, 0.4) is 0 Å². The van der Waals surface area contributed by atoms with E-state index in [2.05, 4.69) is 92.7 Å². The molecule has 2 aliphatic rings. The third kappa shape index (κ3) is 10.7. The number of hydrogen-bond acceptors (Lipinski definition) is 15. The van der Waals surface area contributed by atoms with Crippen LogP contribution in [0.15, 0.2) is 91.7 Å². The number of allylic oxidation sites excluding steroid dienone is 1. The summed E-state index contributed by atoms with van der Waals surface area (Å²) in [4.78, 5) is 28.3. The summed E-state index contributed by atoms with van der Waals surface area (Å²) in [5, 5.41) is 11.8. The summed E-state index contributed by atoms with van der Waals surface area (Å²) in [5.74, 6) is 3.18. The summed E-state index contributed by atoms with van der Waals surface area (Å²) >= 11 is 0. The van der Waals surface area contributed by atoms with Gasteiger partial charge in [0.2, 0.25) is 0 Å². The van der Waals surface area contributed by atoms with E-state index in [-0.39, 0.29) is 0 Å². The van der Waals surface area contributed by atoms with Crippen molar-refractivity contribution < 1.29 is 18.9 Å². The summed E-state index contributed by atoms with van der Waals surface area (Å²) in [6.07, 6.45) is 9.76. The summed E-state index contributed by atoms with van der Waals surface area (Å²) < 4.78 is 24.5. The Hall–Kier alpha value is -7.30. The Morgan fingerprint density at radius 1 is 0.638 bits per heavy atom. The Kier molecular flexibility index (Phi) is 16.0. The van der Waals surface area contributed by atoms with E-state index in [0.717, 1.165) is 129 Å². The molecule has 0 saturated heterocycles. The van der Waals surface area contributed by atoms with Crippen molar-refractivity contribution in [2.24, 2.45) is 12.8 Å². The van der Waals surface area contributed by atoms with Crippen molar-refractivity contribution in [2.45, 2.75) is 66.7 Å². The molecule has 0 unspecified atom stereocenters. The second-order valence-corrected chi connectivity index (χ2v) is 17.1. The number of fused-ring (bicyclic) bond motifs is 4. The molecule has 7 aromatic rings. The van der Waals surface area contributed by atoms with Crippen molar-refractivity contribution in [1.29, 1.82) is 5.41 Å². The summed E-state index contributed by atoms with van der Waals surface area (Å²) in [5.41, 5.74) is 18.2. The number of hydrogen-bond donors (Lipinski definition) is 2. The summed E-state index contributed by atoms with van der Waals surface area (Å²) in [6, 6.07) is 21.2. The van der Waals surface area contributed by atoms with Crippen LogP contribution in [0.2, 0.25) is 0 Å². The Morgan fingerprint density at radius 3 is 1.58 bits per heavy atom. The van der Waals surface area contributed by atoms with E-state index in [0.29, 0.717) is 23.4 Å². The Morgan fingerprint density at radius 2 is 1.14 bits per heavy atom. The van der Waals surface area contributed by atoms with Crippen LogP contribution in [0.25, 0.3) is 38.9 Å². The zero-order valence-corrected chi connectivity index (χ0v) is 41.8. The molecule has 5 heterocycles. The van der Waals surface area contributed by atoms with Gasteiger partial charge in [0.15, 0.2) is 0 Å². The van der Waals surface area contributed by atoms with E-state index in [9.17, 15) is 0 Å². The molecule has 16 nitrogen and oxygen atoms in total. The molecule has 0 saturated carbocycles. The van der Waals surface area contributed by atoms with Gasteiger partial charge in [-0.1, -0.05) is 13.8 Å². The topological polar surface area (TPSA) is 169 Å². The molecule has 4 aromatic carbocycles. The maximum absolute atomic E-state index is 7.57. The number of aryl methyl sites for hydroxylation is 1. The predicted octanol–water partition coefficient (Wildman–Crippen LogP) is 9.39. The first kappa shape index (κ1) is 49.6. The normalized spacial score (nSPS) is 14.2. The van der Waals surface area contributed by atoms with Crippen molar-refractivity contribution >= 4 is 56.6 Å². The van der Waals surface area contributed by atoms with Gasteiger partial charge < -0.3 is 39.9 Å². The minimum Gasteiger partial charge on any atom is -0.497 e. The van der Waals surface area contributed by atoms with Crippen molar-refractivity contribution in [3.05, 3.63) is 108 Å². The maximum Gasteiger partial charge on any atom is 0.129 e. The highest BCUT2D eigenvalue weighted by Gasteiger charge is 2.28. The molecule has 0 aliphatic carbocycles. The van der Waals surface area contributed by atoms with Crippen molar-refractivity contribution in [1.82, 2.24) is 39.5 Å². The van der Waals surface area contributed by atoms with Crippen LogP contribution in [0.5, 0.6) is 23.0 Å². The molecule has 0 fully saturated rings. The van der Waals surface area contributed by atoms with Crippen LogP contribution in [0.4, 0.5) is 22.7 Å². The lowest BCUT2D eigenvalue weighted by atomic mass is 10.1. The molecule has 9 rings (SSSR count). The van der Waals surface area contributed by atoms with Crippen molar-refractivity contribution in [2.75, 3.05) is 64.4 Å². The second-order valence-electron chi connectivity index (χ2n) is 17.1. The van der Waals surface area contributed by atoms with Gasteiger partial charge in [0, 0.05) is 135 Å². The third-order valence-corrected chi connectivity index (χ3v) is 12.5. The van der Waals surface area contributed by atoms with Gasteiger partial charge in [-0.05, 0) is 64.1 Å². The summed E-state index contributed by atoms with van der Waals surface area (Å²) in [6.45, 7) is 18.0. The van der Waals surface area contributed by atoms with Crippen LogP contribution in [0, 0.1) is 5.41 Å². The molecule has 0 amide bonds. The molecule has 16 heteroatoms. The fourth-order valence-corrected chi connectivity index (χ4v) is 8.67. The van der Waals surface area contributed by atoms with E-state index in [1.54, 1.807) is 45.5 Å². The molecular weight excluding hydrogens is 869 g/mol. The molecule has 0 atom stereocenters. The van der Waals surface area contributed by atoms with E-state index in [4.69, 9.17) is 40.1 Å². The first-order chi connectivity index (χ1) is 33.4. The first-order valence-electron chi connectivity index (χ1n) is 23.4. The van der Waals surface area contributed by atoms with E-state index < -0.39 is 0 Å². The van der Waals surface area contributed by atoms with Crippen LogP contribution in [0.1, 0.15) is 58.4 Å². The SMILES string of the molecule is CC.COc1cc(OC)c2c(c1)N(c1ccc3ncc(-c4cnn(C)c4)nc3c1)CCN(C(C)C)C2.COc1cc(OC)c2c(c1)N(c1ccc3ncc(/C(C=N)=C/N)nc3c1)CCN(C(C)C)C2.